The van der Waals surface area contributed by atoms with E-state index in [0.29, 0.717) is 5.56 Å². The third-order valence-corrected chi connectivity index (χ3v) is 2.16. The van der Waals surface area contributed by atoms with E-state index in [2.05, 4.69) is 23.4 Å². The second kappa shape index (κ2) is 4.66. The Bertz CT molecular complexity index is 346. The fourth-order valence-electron chi connectivity index (χ4n) is 1.38. The third kappa shape index (κ3) is 2.05. The molecule has 0 unspecified atom stereocenters. The maximum absolute atomic E-state index is 8.93. The molecule has 0 bridgehead atoms. The molecule has 0 fully saturated rings. The molecule has 4 heteroatoms. The van der Waals surface area contributed by atoms with Crippen LogP contribution >= 0.6 is 0 Å². The normalized spacial score (nSPS) is 9.86. The summed E-state index contributed by atoms with van der Waals surface area (Å²) in [5.41, 5.74) is 1.44. The van der Waals surface area contributed by atoms with E-state index >= 15 is 0 Å². The van der Waals surface area contributed by atoms with Crippen molar-refractivity contribution < 1.29 is 0 Å². The van der Waals surface area contributed by atoms with Gasteiger partial charge >= 0.3 is 0 Å². The first-order chi connectivity index (χ1) is 6.70. The number of aryl methyl sites for hydroxylation is 2. The van der Waals surface area contributed by atoms with E-state index in [4.69, 9.17) is 5.26 Å². The first-order valence-corrected chi connectivity index (χ1v) is 4.88. The SMILES string of the molecule is CCCCNc1c(C#N)c(C)nn1C. The van der Waals surface area contributed by atoms with Crippen LogP contribution in [0.2, 0.25) is 0 Å². The topological polar surface area (TPSA) is 53.6 Å². The Hall–Kier alpha value is -1.50. The third-order valence-electron chi connectivity index (χ3n) is 2.16. The lowest BCUT2D eigenvalue weighted by atomic mass is 10.2. The van der Waals surface area contributed by atoms with E-state index in [1.54, 1.807) is 4.68 Å². The van der Waals surface area contributed by atoms with Crippen LogP contribution in [0.1, 0.15) is 31.0 Å². The first kappa shape index (κ1) is 10.6. The van der Waals surface area contributed by atoms with Gasteiger partial charge in [0.2, 0.25) is 0 Å². The number of nitrogens with one attached hydrogen (secondary N) is 1. The maximum Gasteiger partial charge on any atom is 0.142 e. The van der Waals surface area contributed by atoms with Gasteiger partial charge in [0.15, 0.2) is 0 Å². The molecule has 1 rings (SSSR count). The summed E-state index contributed by atoms with van der Waals surface area (Å²) < 4.78 is 1.73. The van der Waals surface area contributed by atoms with Crippen LogP contribution in [0.15, 0.2) is 0 Å². The molecule has 0 aromatic carbocycles. The highest BCUT2D eigenvalue weighted by Gasteiger charge is 2.11. The Morgan fingerprint density at radius 1 is 1.57 bits per heavy atom. The lowest BCUT2D eigenvalue weighted by Gasteiger charge is -2.05. The van der Waals surface area contributed by atoms with Gasteiger partial charge in [0.05, 0.1) is 5.69 Å². The zero-order valence-electron chi connectivity index (χ0n) is 8.96. The number of nitriles is 1. The molecule has 0 aliphatic carbocycles. The molecule has 0 aliphatic rings. The molecular formula is C10H16N4. The fourth-order valence-corrected chi connectivity index (χ4v) is 1.38. The average Bonchev–Trinajstić information content (AvgIpc) is 2.42. The van der Waals surface area contributed by atoms with E-state index in [-0.39, 0.29) is 0 Å². The minimum Gasteiger partial charge on any atom is -0.369 e. The van der Waals surface area contributed by atoms with Gasteiger partial charge in [-0.1, -0.05) is 13.3 Å². The molecule has 0 aliphatic heterocycles. The molecule has 1 heterocycles. The molecule has 0 radical (unpaired) electrons. The van der Waals surface area contributed by atoms with Crippen molar-refractivity contribution in [3.8, 4) is 6.07 Å². The van der Waals surface area contributed by atoms with Crippen LogP contribution in [0.5, 0.6) is 0 Å². The van der Waals surface area contributed by atoms with Crippen molar-refractivity contribution in [1.29, 1.82) is 5.26 Å². The van der Waals surface area contributed by atoms with Crippen molar-refractivity contribution in [2.24, 2.45) is 7.05 Å². The van der Waals surface area contributed by atoms with Crippen molar-refractivity contribution in [2.75, 3.05) is 11.9 Å². The summed E-state index contributed by atoms with van der Waals surface area (Å²) in [6, 6.07) is 2.17. The summed E-state index contributed by atoms with van der Waals surface area (Å²) in [6.07, 6.45) is 2.25. The molecule has 0 saturated carbocycles. The summed E-state index contributed by atoms with van der Waals surface area (Å²) in [6.45, 7) is 4.88. The Labute approximate surface area is 84.5 Å². The molecule has 1 N–H and O–H groups in total. The average molecular weight is 192 g/mol. The van der Waals surface area contributed by atoms with Gasteiger partial charge in [0.25, 0.3) is 0 Å². The number of hydrogen-bond acceptors (Lipinski definition) is 3. The lowest BCUT2D eigenvalue weighted by molar-refractivity contribution is 0.748. The monoisotopic (exact) mass is 192 g/mol. The summed E-state index contributed by atoms with van der Waals surface area (Å²) in [4.78, 5) is 0. The summed E-state index contributed by atoms with van der Waals surface area (Å²) in [5, 5.41) is 16.4. The number of anilines is 1. The molecular weight excluding hydrogens is 176 g/mol. The van der Waals surface area contributed by atoms with Gasteiger partial charge in [-0.3, -0.25) is 4.68 Å². The number of hydrogen-bond donors (Lipinski definition) is 1. The Balaban J connectivity index is 2.80. The number of unbranched alkanes of at least 4 members (excludes halogenated alkanes) is 1. The van der Waals surface area contributed by atoms with Crippen molar-refractivity contribution in [2.45, 2.75) is 26.7 Å². The van der Waals surface area contributed by atoms with Crippen molar-refractivity contribution in [3.05, 3.63) is 11.3 Å². The molecule has 1 aromatic heterocycles. The molecule has 14 heavy (non-hydrogen) atoms. The van der Waals surface area contributed by atoms with Gasteiger partial charge in [-0.25, -0.2) is 0 Å². The molecule has 1 aromatic rings. The van der Waals surface area contributed by atoms with Gasteiger partial charge in [-0.2, -0.15) is 10.4 Å². The smallest absolute Gasteiger partial charge is 0.142 e. The summed E-state index contributed by atoms with van der Waals surface area (Å²) in [7, 11) is 1.85. The predicted octanol–water partition coefficient (Wildman–Crippen LogP) is 1.81. The van der Waals surface area contributed by atoms with Crippen molar-refractivity contribution in [3.63, 3.8) is 0 Å². The number of aromatic nitrogens is 2. The van der Waals surface area contributed by atoms with E-state index in [1.165, 1.54) is 0 Å². The highest BCUT2D eigenvalue weighted by molar-refractivity contribution is 5.54. The zero-order chi connectivity index (χ0) is 10.6. The van der Waals surface area contributed by atoms with Crippen molar-refractivity contribution >= 4 is 5.82 Å². The van der Waals surface area contributed by atoms with Crippen molar-refractivity contribution in [1.82, 2.24) is 9.78 Å². The lowest BCUT2D eigenvalue weighted by Crippen LogP contribution is -2.06. The fraction of sp³-hybridized carbons (Fsp3) is 0.600. The first-order valence-electron chi connectivity index (χ1n) is 4.88. The van der Waals surface area contributed by atoms with Gasteiger partial charge in [0.1, 0.15) is 17.5 Å². The second-order valence-corrected chi connectivity index (χ2v) is 3.32. The number of rotatable bonds is 4. The van der Waals surface area contributed by atoms with Gasteiger partial charge < -0.3 is 5.32 Å². The standard InChI is InChI=1S/C10H16N4/c1-4-5-6-12-10-9(7-11)8(2)13-14(10)3/h12H,4-6H2,1-3H3. The molecule has 0 atom stereocenters. The predicted molar refractivity (Wildman–Crippen MR) is 56.1 cm³/mol. The minimum absolute atomic E-state index is 0.656. The van der Waals surface area contributed by atoms with Crippen LogP contribution in [-0.4, -0.2) is 16.3 Å². The molecule has 0 spiro atoms. The summed E-state index contributed by atoms with van der Waals surface area (Å²) in [5.74, 6) is 0.832. The molecule has 0 amide bonds. The van der Waals surface area contributed by atoms with Crippen LogP contribution in [0, 0.1) is 18.3 Å². The van der Waals surface area contributed by atoms with Crippen LogP contribution < -0.4 is 5.32 Å². The van der Waals surface area contributed by atoms with Crippen LogP contribution in [0.25, 0.3) is 0 Å². The van der Waals surface area contributed by atoms with Crippen LogP contribution in [0.3, 0.4) is 0 Å². The Kier molecular flexibility index (Phi) is 3.52. The maximum atomic E-state index is 8.93. The van der Waals surface area contributed by atoms with E-state index in [9.17, 15) is 0 Å². The minimum atomic E-state index is 0.656. The highest BCUT2D eigenvalue weighted by Crippen LogP contribution is 2.16. The van der Waals surface area contributed by atoms with Crippen LogP contribution in [0.4, 0.5) is 5.82 Å². The molecule has 0 saturated heterocycles. The van der Waals surface area contributed by atoms with Gasteiger partial charge in [-0.05, 0) is 13.3 Å². The largest absolute Gasteiger partial charge is 0.369 e. The second-order valence-electron chi connectivity index (χ2n) is 3.32. The Morgan fingerprint density at radius 2 is 2.29 bits per heavy atom. The van der Waals surface area contributed by atoms with E-state index in [0.717, 1.165) is 30.9 Å². The van der Waals surface area contributed by atoms with Gasteiger partial charge in [-0.15, -0.1) is 0 Å². The highest BCUT2D eigenvalue weighted by atomic mass is 15.3. The van der Waals surface area contributed by atoms with Crippen LogP contribution in [-0.2, 0) is 7.05 Å². The molecule has 4 nitrogen and oxygen atoms in total. The van der Waals surface area contributed by atoms with Gasteiger partial charge in [0, 0.05) is 13.6 Å². The van der Waals surface area contributed by atoms with E-state index in [1.807, 2.05) is 14.0 Å². The quantitative estimate of drug-likeness (QED) is 0.740. The number of nitrogens with zero attached hydrogens (tertiary/aromatic N) is 3. The Morgan fingerprint density at radius 3 is 2.86 bits per heavy atom. The zero-order valence-corrected chi connectivity index (χ0v) is 8.96. The summed E-state index contributed by atoms with van der Waals surface area (Å²) >= 11 is 0. The molecule has 76 valence electrons. The van der Waals surface area contributed by atoms with E-state index < -0.39 is 0 Å².